The summed E-state index contributed by atoms with van der Waals surface area (Å²) in [7, 11) is 1.60. The number of carbonyl (C=O) groups is 1. The number of hydrogen-bond acceptors (Lipinski definition) is 4. The Kier molecular flexibility index (Phi) is 8.27. The molecule has 1 unspecified atom stereocenters. The largest absolute Gasteiger partial charge is 0.389 e. The van der Waals surface area contributed by atoms with Gasteiger partial charge in [-0.3, -0.25) is 4.79 Å². The van der Waals surface area contributed by atoms with Gasteiger partial charge in [0.2, 0.25) is 5.91 Å². The van der Waals surface area contributed by atoms with Gasteiger partial charge >= 0.3 is 0 Å². The highest BCUT2D eigenvalue weighted by atomic mass is 16.5. The molecule has 0 aliphatic heterocycles. The number of hydrogen-bond donors (Lipinski definition) is 3. The van der Waals surface area contributed by atoms with Crippen molar-refractivity contribution >= 4 is 5.91 Å². The molecule has 0 radical (unpaired) electrons. The van der Waals surface area contributed by atoms with E-state index >= 15 is 0 Å². The molecule has 5 heteroatoms. The van der Waals surface area contributed by atoms with E-state index in [0.717, 1.165) is 0 Å². The number of aliphatic hydroxyl groups excluding tert-OH is 1. The van der Waals surface area contributed by atoms with E-state index in [2.05, 4.69) is 10.6 Å². The van der Waals surface area contributed by atoms with Crippen LogP contribution in [0.2, 0.25) is 0 Å². The molecule has 0 aromatic rings. The van der Waals surface area contributed by atoms with Gasteiger partial charge in [-0.2, -0.15) is 0 Å². The lowest BCUT2D eigenvalue weighted by molar-refractivity contribution is -0.120. The molecule has 1 atom stereocenters. The van der Waals surface area contributed by atoms with Gasteiger partial charge in [0.15, 0.2) is 0 Å². The van der Waals surface area contributed by atoms with Gasteiger partial charge in [0.05, 0.1) is 18.8 Å². The molecule has 0 saturated carbocycles. The van der Waals surface area contributed by atoms with E-state index in [1.165, 1.54) is 0 Å². The van der Waals surface area contributed by atoms with Gasteiger partial charge in [0.25, 0.3) is 0 Å². The van der Waals surface area contributed by atoms with Crippen LogP contribution < -0.4 is 10.6 Å². The van der Waals surface area contributed by atoms with E-state index < -0.39 is 6.10 Å². The van der Waals surface area contributed by atoms with Gasteiger partial charge < -0.3 is 20.5 Å². The molecule has 15 heavy (non-hydrogen) atoms. The maximum Gasteiger partial charge on any atom is 0.221 e. The van der Waals surface area contributed by atoms with Crippen LogP contribution in [0.25, 0.3) is 0 Å². The maximum absolute atomic E-state index is 10.8. The van der Waals surface area contributed by atoms with Crippen LogP contribution in [0, 0.1) is 0 Å². The summed E-state index contributed by atoms with van der Waals surface area (Å²) in [6.45, 7) is 5.18. The molecule has 0 aliphatic rings. The van der Waals surface area contributed by atoms with Crippen LogP contribution in [0.15, 0.2) is 0 Å². The summed E-state index contributed by atoms with van der Waals surface area (Å²) in [5.74, 6) is -0.00424. The molecule has 0 spiro atoms. The summed E-state index contributed by atoms with van der Waals surface area (Å²) in [6, 6.07) is 0. The average Bonchev–Trinajstić information content (AvgIpc) is 2.21. The molecular weight excluding hydrogens is 196 g/mol. The fraction of sp³-hybridized carbons (Fsp3) is 0.900. The molecule has 0 rings (SSSR count). The second-order valence-corrected chi connectivity index (χ2v) is 3.66. The SMILES string of the molecule is CNC(=O)CCNCC(O)COC(C)C. The van der Waals surface area contributed by atoms with E-state index in [1.807, 2.05) is 13.8 Å². The zero-order chi connectivity index (χ0) is 11.7. The van der Waals surface area contributed by atoms with Crippen LogP contribution in [-0.4, -0.2) is 50.0 Å². The number of carbonyl (C=O) groups excluding carboxylic acids is 1. The van der Waals surface area contributed by atoms with E-state index in [0.29, 0.717) is 26.1 Å². The number of aliphatic hydroxyl groups is 1. The molecule has 0 bridgehead atoms. The predicted molar refractivity (Wildman–Crippen MR) is 58.6 cm³/mol. The molecule has 0 aliphatic carbocycles. The van der Waals surface area contributed by atoms with Crippen molar-refractivity contribution in [3.63, 3.8) is 0 Å². The van der Waals surface area contributed by atoms with E-state index in [1.54, 1.807) is 7.05 Å². The highest BCUT2D eigenvalue weighted by Gasteiger charge is 2.05. The smallest absolute Gasteiger partial charge is 0.221 e. The Hall–Kier alpha value is -0.650. The summed E-state index contributed by atoms with van der Waals surface area (Å²) in [5, 5.41) is 14.9. The summed E-state index contributed by atoms with van der Waals surface area (Å²) in [5.41, 5.74) is 0. The number of ether oxygens (including phenoxy) is 1. The van der Waals surface area contributed by atoms with Crippen LogP contribution in [0.4, 0.5) is 0 Å². The van der Waals surface area contributed by atoms with Crippen LogP contribution in [-0.2, 0) is 9.53 Å². The Morgan fingerprint density at radius 1 is 1.47 bits per heavy atom. The maximum atomic E-state index is 10.8. The molecule has 1 amide bonds. The topological polar surface area (TPSA) is 70.6 Å². The standard InChI is InChI=1S/C10H22N2O3/c1-8(2)15-7-9(13)6-12-5-4-10(14)11-3/h8-9,12-13H,4-7H2,1-3H3,(H,11,14). The Labute approximate surface area is 91.2 Å². The zero-order valence-corrected chi connectivity index (χ0v) is 9.75. The van der Waals surface area contributed by atoms with Crippen molar-refractivity contribution in [3.8, 4) is 0 Å². The van der Waals surface area contributed by atoms with E-state index in [9.17, 15) is 9.90 Å². The minimum Gasteiger partial charge on any atom is -0.389 e. The Morgan fingerprint density at radius 3 is 2.67 bits per heavy atom. The lowest BCUT2D eigenvalue weighted by atomic mass is 10.3. The van der Waals surface area contributed by atoms with Crippen molar-refractivity contribution in [1.82, 2.24) is 10.6 Å². The van der Waals surface area contributed by atoms with Crippen LogP contribution in [0.1, 0.15) is 20.3 Å². The summed E-state index contributed by atoms with van der Waals surface area (Å²) in [6.07, 6.45) is 0.0384. The van der Waals surface area contributed by atoms with Crippen LogP contribution in [0.3, 0.4) is 0 Å². The number of rotatable bonds is 8. The van der Waals surface area contributed by atoms with Crippen molar-refractivity contribution in [2.45, 2.75) is 32.5 Å². The van der Waals surface area contributed by atoms with Crippen LogP contribution in [0.5, 0.6) is 0 Å². The Bertz CT molecular complexity index is 174. The molecule has 3 N–H and O–H groups in total. The first kappa shape index (κ1) is 14.3. The van der Waals surface area contributed by atoms with Gasteiger partial charge in [-0.25, -0.2) is 0 Å². The van der Waals surface area contributed by atoms with Crippen molar-refractivity contribution in [2.75, 3.05) is 26.7 Å². The van der Waals surface area contributed by atoms with Gasteiger partial charge in [0.1, 0.15) is 0 Å². The molecular formula is C10H22N2O3. The van der Waals surface area contributed by atoms with Crippen molar-refractivity contribution in [3.05, 3.63) is 0 Å². The minimum atomic E-state index is -0.517. The van der Waals surface area contributed by atoms with Crippen LogP contribution >= 0.6 is 0 Å². The monoisotopic (exact) mass is 218 g/mol. The highest BCUT2D eigenvalue weighted by molar-refractivity contribution is 5.75. The molecule has 0 heterocycles. The third-order valence-electron chi connectivity index (χ3n) is 1.81. The molecule has 0 fully saturated rings. The first-order valence-corrected chi connectivity index (χ1v) is 5.27. The third-order valence-corrected chi connectivity index (χ3v) is 1.81. The molecule has 0 saturated heterocycles. The minimum absolute atomic E-state index is 0.00424. The van der Waals surface area contributed by atoms with E-state index in [4.69, 9.17) is 4.74 Å². The van der Waals surface area contributed by atoms with E-state index in [-0.39, 0.29) is 12.0 Å². The molecule has 0 aromatic carbocycles. The highest BCUT2D eigenvalue weighted by Crippen LogP contribution is 1.90. The van der Waals surface area contributed by atoms with Gasteiger partial charge in [-0.05, 0) is 13.8 Å². The first-order chi connectivity index (χ1) is 7.06. The fourth-order valence-corrected chi connectivity index (χ4v) is 0.958. The third kappa shape index (κ3) is 9.65. The molecule has 90 valence electrons. The normalized spacial score (nSPS) is 12.9. The van der Waals surface area contributed by atoms with Gasteiger partial charge in [0, 0.05) is 26.6 Å². The second-order valence-electron chi connectivity index (χ2n) is 3.66. The summed E-state index contributed by atoms with van der Waals surface area (Å²) < 4.78 is 5.23. The van der Waals surface area contributed by atoms with Gasteiger partial charge in [-0.15, -0.1) is 0 Å². The average molecular weight is 218 g/mol. The number of nitrogens with one attached hydrogen (secondary N) is 2. The fourth-order valence-electron chi connectivity index (χ4n) is 0.958. The lowest BCUT2D eigenvalue weighted by Crippen LogP contribution is -2.33. The van der Waals surface area contributed by atoms with Gasteiger partial charge in [-0.1, -0.05) is 0 Å². The Morgan fingerprint density at radius 2 is 2.13 bits per heavy atom. The number of amides is 1. The molecule has 0 aromatic heterocycles. The zero-order valence-electron chi connectivity index (χ0n) is 9.75. The Balaban J connectivity index is 3.31. The van der Waals surface area contributed by atoms with Crippen molar-refractivity contribution in [2.24, 2.45) is 0 Å². The van der Waals surface area contributed by atoms with Crippen molar-refractivity contribution < 1.29 is 14.6 Å². The lowest BCUT2D eigenvalue weighted by Gasteiger charge is -2.13. The predicted octanol–water partition coefficient (Wildman–Crippen LogP) is -0.502. The summed E-state index contributed by atoms with van der Waals surface area (Å²) in [4.78, 5) is 10.8. The summed E-state index contributed by atoms with van der Waals surface area (Å²) >= 11 is 0. The first-order valence-electron chi connectivity index (χ1n) is 5.27. The quantitative estimate of drug-likeness (QED) is 0.480. The second kappa shape index (κ2) is 8.64. The van der Waals surface area contributed by atoms with Crippen molar-refractivity contribution in [1.29, 1.82) is 0 Å². The molecule has 5 nitrogen and oxygen atoms in total.